The molecule has 322 valence electrons. The zero-order valence-corrected chi connectivity index (χ0v) is 37.7. The maximum absolute atomic E-state index is 11.9. The Hall–Kier alpha value is -8.85. The van der Waals surface area contributed by atoms with Gasteiger partial charge in [0.15, 0.2) is 11.2 Å². The van der Waals surface area contributed by atoms with Crippen LogP contribution in [-0.2, 0) is 0 Å². The Balaban J connectivity index is 1.50. The van der Waals surface area contributed by atoms with Crippen LogP contribution >= 0.6 is 0 Å². The second-order valence-corrected chi connectivity index (χ2v) is 17.3. The minimum atomic E-state index is -0.481. The summed E-state index contributed by atoms with van der Waals surface area (Å²) in [7, 11) is 0. The first-order valence-corrected chi connectivity index (χ1v) is 22.8. The SMILES string of the molecule is [C-]#[N+]/C(c1nc2ccccc2o1)=c1\c2c(C(C)C)n(B(c3ccccc3)c3ccccc3)/c(=C(/C#N)c3nc4ccccc4o3)c2c(-c2ccccc2C)n1B(c1ccccc1)c1ccccc1. The predicted molar refractivity (Wildman–Crippen MR) is 275 cm³/mol. The summed E-state index contributed by atoms with van der Waals surface area (Å²) in [5.41, 5.74) is 10.7. The number of aromatic nitrogens is 4. The maximum Gasteiger partial charge on any atom is 0.327 e. The van der Waals surface area contributed by atoms with E-state index in [4.69, 9.17) is 18.8 Å². The van der Waals surface area contributed by atoms with Crippen LogP contribution in [0.2, 0.25) is 0 Å². The van der Waals surface area contributed by atoms with E-state index >= 15 is 0 Å². The molecule has 0 fully saturated rings. The lowest BCUT2D eigenvalue weighted by Crippen LogP contribution is -2.54. The highest BCUT2D eigenvalue weighted by atomic mass is 16.4. The minimum absolute atomic E-state index is 0.174. The van der Waals surface area contributed by atoms with Gasteiger partial charge < -0.3 is 17.8 Å². The van der Waals surface area contributed by atoms with Crippen molar-refractivity contribution in [2.45, 2.75) is 26.7 Å². The monoisotopic (exact) mass is 876 g/mol. The van der Waals surface area contributed by atoms with E-state index in [0.717, 1.165) is 55.1 Å². The lowest BCUT2D eigenvalue weighted by molar-refractivity contribution is 0.584. The van der Waals surface area contributed by atoms with Gasteiger partial charge in [0.2, 0.25) is 11.8 Å². The van der Waals surface area contributed by atoms with Crippen molar-refractivity contribution in [1.82, 2.24) is 18.9 Å². The molecule has 4 heterocycles. The van der Waals surface area contributed by atoms with E-state index in [9.17, 15) is 11.8 Å². The van der Waals surface area contributed by atoms with Crippen LogP contribution in [0.15, 0.2) is 203 Å². The second-order valence-electron chi connectivity index (χ2n) is 17.3. The Kier molecular flexibility index (Phi) is 10.8. The zero-order chi connectivity index (χ0) is 46.3. The number of fused-ring (bicyclic) bond motifs is 3. The Morgan fingerprint density at radius 1 is 0.559 bits per heavy atom. The van der Waals surface area contributed by atoms with E-state index in [1.807, 2.05) is 78.9 Å². The van der Waals surface area contributed by atoms with Gasteiger partial charge in [0, 0.05) is 33.1 Å². The first kappa shape index (κ1) is 41.8. The van der Waals surface area contributed by atoms with Gasteiger partial charge in [-0.3, -0.25) is 0 Å². The molecule has 0 saturated heterocycles. The van der Waals surface area contributed by atoms with Crippen molar-refractivity contribution in [3.63, 3.8) is 0 Å². The van der Waals surface area contributed by atoms with Crippen LogP contribution in [0.1, 0.15) is 42.8 Å². The molecule has 7 aromatic carbocycles. The summed E-state index contributed by atoms with van der Waals surface area (Å²) in [6, 6.07) is 67.9. The number of oxazole rings is 2. The summed E-state index contributed by atoms with van der Waals surface area (Å²) < 4.78 is 17.9. The van der Waals surface area contributed by atoms with Crippen molar-refractivity contribution in [2.24, 2.45) is 0 Å². The van der Waals surface area contributed by atoms with Crippen molar-refractivity contribution in [2.75, 3.05) is 0 Å². The van der Waals surface area contributed by atoms with Crippen LogP contribution < -0.4 is 32.5 Å². The fourth-order valence-corrected chi connectivity index (χ4v) is 9.98. The Morgan fingerprint density at radius 3 is 1.47 bits per heavy atom. The summed E-state index contributed by atoms with van der Waals surface area (Å²) in [5, 5.41) is 14.7. The summed E-state index contributed by atoms with van der Waals surface area (Å²) >= 11 is 0. The fraction of sp³-hybridized carbons (Fsp3) is 0.0690. The van der Waals surface area contributed by atoms with E-state index < -0.39 is 13.7 Å². The van der Waals surface area contributed by atoms with Crippen molar-refractivity contribution < 1.29 is 8.83 Å². The molecule has 10 heteroatoms. The van der Waals surface area contributed by atoms with Crippen molar-refractivity contribution in [3.8, 4) is 17.3 Å². The van der Waals surface area contributed by atoms with Crippen LogP contribution in [-0.4, -0.2) is 32.6 Å². The molecule has 0 radical (unpaired) electrons. The predicted octanol–water partition coefficient (Wildman–Crippen LogP) is 8.93. The van der Waals surface area contributed by atoms with E-state index in [0.29, 0.717) is 32.9 Å². The average molecular weight is 877 g/mol. The molecule has 0 bridgehead atoms. The molecule has 4 aromatic heterocycles. The molecule has 0 aliphatic heterocycles. The minimum Gasteiger partial charge on any atom is -0.447 e. The molecule has 68 heavy (non-hydrogen) atoms. The van der Waals surface area contributed by atoms with Crippen LogP contribution in [0.4, 0.5) is 0 Å². The highest BCUT2D eigenvalue weighted by Gasteiger charge is 2.38. The molecule has 0 aliphatic carbocycles. The summed E-state index contributed by atoms with van der Waals surface area (Å²) in [6.07, 6.45) is 0. The summed E-state index contributed by atoms with van der Waals surface area (Å²) in [4.78, 5) is 14.6. The van der Waals surface area contributed by atoms with Crippen LogP contribution in [0.25, 0.3) is 60.3 Å². The number of hydrogen-bond acceptors (Lipinski definition) is 5. The van der Waals surface area contributed by atoms with Crippen LogP contribution in [0.3, 0.4) is 0 Å². The second kappa shape index (κ2) is 17.5. The molecule has 0 saturated carbocycles. The number of benzene rings is 7. The van der Waals surface area contributed by atoms with E-state index in [1.54, 1.807) is 0 Å². The molecule has 0 aliphatic rings. The largest absolute Gasteiger partial charge is 0.447 e. The van der Waals surface area contributed by atoms with Gasteiger partial charge in [0.25, 0.3) is 5.70 Å². The lowest BCUT2D eigenvalue weighted by atomic mass is 9.50. The molecule has 11 aromatic rings. The quantitative estimate of drug-likeness (QED) is 0.101. The summed E-state index contributed by atoms with van der Waals surface area (Å²) in [5.74, 6) is 0.227. The third kappa shape index (κ3) is 7.03. The fourth-order valence-electron chi connectivity index (χ4n) is 9.98. The Labute approximate surface area is 394 Å². The number of rotatable bonds is 10. The smallest absolute Gasteiger partial charge is 0.327 e. The van der Waals surface area contributed by atoms with Crippen molar-refractivity contribution >= 4 is 79.8 Å². The number of hydrogen-bond donors (Lipinski definition) is 0. The van der Waals surface area contributed by atoms with Crippen LogP contribution in [0.5, 0.6) is 0 Å². The average Bonchev–Trinajstić information content (AvgIpc) is 4.16. The molecular weight excluding hydrogens is 834 g/mol. The number of para-hydroxylation sites is 4. The van der Waals surface area contributed by atoms with Gasteiger partial charge >= 0.3 is 13.7 Å². The summed E-state index contributed by atoms with van der Waals surface area (Å²) in [6.45, 7) is 14.8. The third-order valence-electron chi connectivity index (χ3n) is 12.8. The molecule has 0 unspecified atom stereocenters. The van der Waals surface area contributed by atoms with E-state index in [-0.39, 0.29) is 29.0 Å². The highest BCUT2D eigenvalue weighted by Crippen LogP contribution is 2.36. The van der Waals surface area contributed by atoms with Gasteiger partial charge in [-0.25, -0.2) is 14.8 Å². The number of nitriles is 1. The van der Waals surface area contributed by atoms with Gasteiger partial charge in [-0.05, 0) is 42.7 Å². The molecule has 8 nitrogen and oxygen atoms in total. The molecule has 0 atom stereocenters. The zero-order valence-electron chi connectivity index (χ0n) is 37.7. The van der Waals surface area contributed by atoms with Crippen molar-refractivity contribution in [1.29, 1.82) is 5.26 Å². The third-order valence-corrected chi connectivity index (χ3v) is 12.8. The standard InChI is InChI=1S/C58H42B2N6O2/c1-38(2)53-50-51(55(45(37-61)57-63-46-33-19-21-35-48(46)67-57)65(53)59(40-24-9-5-10-25-40)41-26-11-6-12-27-41)54(44-32-18-17-23-39(44)3)66(60(42-28-13-7-14-29-42)43-30-15-8-16-31-43)56(50)52(62-4)58-64-47-34-20-22-36-49(47)68-58/h5-36,38H,1-3H3/b55-45-,56-52+. The molecule has 11 rings (SSSR count). The van der Waals surface area contributed by atoms with Gasteiger partial charge in [0.05, 0.1) is 11.9 Å². The van der Waals surface area contributed by atoms with Crippen molar-refractivity contribution in [3.05, 3.63) is 239 Å². The van der Waals surface area contributed by atoms with Gasteiger partial charge in [-0.15, -0.1) is 0 Å². The Morgan fingerprint density at radius 2 is 1.00 bits per heavy atom. The topological polar surface area (TPSA) is 90.1 Å². The molecule has 0 amide bonds. The lowest BCUT2D eigenvalue weighted by Gasteiger charge is -2.25. The molecule has 0 N–H and O–H groups in total. The van der Waals surface area contributed by atoms with E-state index in [1.165, 1.54) is 0 Å². The number of aryl methyl sites for hydroxylation is 1. The van der Waals surface area contributed by atoms with Crippen LogP contribution in [0, 0.1) is 24.8 Å². The number of nitrogens with zero attached hydrogens (tertiary/aromatic N) is 6. The normalized spacial score (nSPS) is 12.3. The first-order chi connectivity index (χ1) is 33.4. The van der Waals surface area contributed by atoms with Gasteiger partial charge in [0.1, 0.15) is 22.7 Å². The maximum atomic E-state index is 11.9. The highest BCUT2D eigenvalue weighted by molar-refractivity contribution is 6.85. The van der Waals surface area contributed by atoms with Gasteiger partial charge in [-0.1, -0.05) is 206 Å². The molecular formula is C58H42B2N6O2. The van der Waals surface area contributed by atoms with E-state index in [2.05, 4.69) is 156 Å². The molecule has 0 spiro atoms. The van der Waals surface area contributed by atoms with Gasteiger partial charge in [-0.2, -0.15) is 5.26 Å². The Bertz CT molecular complexity index is 3640. The first-order valence-electron chi connectivity index (χ1n) is 22.8.